The largest absolute Gasteiger partial charge is 0.484 e. The van der Waals surface area contributed by atoms with E-state index in [0.29, 0.717) is 26.9 Å². The van der Waals surface area contributed by atoms with Gasteiger partial charge in [0.25, 0.3) is 10.0 Å². The molecule has 2 N–H and O–H groups in total. The number of nitrogens with zero attached hydrogens (tertiary/aromatic N) is 1. The lowest BCUT2D eigenvalue weighted by Crippen LogP contribution is -2.49. The van der Waals surface area contributed by atoms with E-state index in [0.717, 1.165) is 35.0 Å². The number of sulfonamides is 1. The third-order valence-corrected chi connectivity index (χ3v) is 8.09. The highest BCUT2D eigenvalue weighted by Gasteiger charge is 2.51. The van der Waals surface area contributed by atoms with Crippen LogP contribution in [0.3, 0.4) is 0 Å². The van der Waals surface area contributed by atoms with E-state index in [2.05, 4.69) is 15.4 Å². The smallest absolute Gasteiger partial charge is 0.427 e. The van der Waals surface area contributed by atoms with Crippen LogP contribution in [-0.4, -0.2) is 64.1 Å². The van der Waals surface area contributed by atoms with Gasteiger partial charge in [0, 0.05) is 12.3 Å². The van der Waals surface area contributed by atoms with E-state index in [4.69, 9.17) is 9.47 Å². The molecule has 0 aliphatic carbocycles. The summed E-state index contributed by atoms with van der Waals surface area (Å²) in [6, 6.07) is 7.91. The van der Waals surface area contributed by atoms with Gasteiger partial charge in [-0.3, -0.25) is 14.4 Å². The highest BCUT2D eigenvalue weighted by atomic mass is 32.2. The van der Waals surface area contributed by atoms with E-state index >= 15 is 0 Å². The Bertz CT molecular complexity index is 1360. The molecule has 0 radical (unpaired) electrons. The van der Waals surface area contributed by atoms with E-state index in [1.807, 2.05) is 0 Å². The molecule has 10 nitrogen and oxygen atoms in total. The number of benzene rings is 2. The number of hydrogen-bond donors (Lipinski definition) is 2. The van der Waals surface area contributed by atoms with E-state index in [-0.39, 0.29) is 41.0 Å². The molecular weight excluding hydrogens is 562 g/mol. The van der Waals surface area contributed by atoms with Crippen LogP contribution in [0.2, 0.25) is 0 Å². The predicted molar refractivity (Wildman–Crippen MR) is 134 cm³/mol. The number of ether oxygens (including phenoxy) is 3. The molecule has 2 atom stereocenters. The Kier molecular flexibility index (Phi) is 8.17. The molecule has 2 aliphatic rings. The van der Waals surface area contributed by atoms with Crippen molar-refractivity contribution in [2.45, 2.75) is 55.6 Å². The van der Waals surface area contributed by atoms with Gasteiger partial charge in [-0.05, 0) is 69.2 Å². The van der Waals surface area contributed by atoms with E-state index < -0.39 is 45.9 Å². The minimum atomic E-state index is -4.83. The molecule has 2 heterocycles. The van der Waals surface area contributed by atoms with Gasteiger partial charge in [0.2, 0.25) is 11.5 Å². The van der Waals surface area contributed by atoms with Crippen molar-refractivity contribution in [1.29, 1.82) is 0 Å². The molecule has 40 heavy (non-hydrogen) atoms. The SMILES string of the molecule is CC(C)(OC(=O)Nc1ccc2c(c1)N(S(=O)(=O)c1ccc(F)cc1)CC(CNC(=O)C1CCCO1)O2)C(F)(F)F. The summed E-state index contributed by atoms with van der Waals surface area (Å²) in [6.45, 7) is 1.48. The molecule has 1 fully saturated rings. The minimum absolute atomic E-state index is 0.0427. The molecule has 0 aromatic heterocycles. The molecule has 2 unspecified atom stereocenters. The lowest BCUT2D eigenvalue weighted by molar-refractivity contribution is -0.242. The molecule has 0 spiro atoms. The van der Waals surface area contributed by atoms with Crippen LogP contribution in [0.5, 0.6) is 5.75 Å². The first-order chi connectivity index (χ1) is 18.7. The number of halogens is 4. The van der Waals surface area contributed by atoms with Crippen molar-refractivity contribution in [3.8, 4) is 5.75 Å². The topological polar surface area (TPSA) is 123 Å². The van der Waals surface area contributed by atoms with Gasteiger partial charge in [-0.15, -0.1) is 0 Å². The number of anilines is 2. The standard InChI is InChI=1S/C25H27F4N3O7S/c1-24(2,25(27,28)29)39-23(34)31-16-7-10-20-19(12-16)32(40(35,36)18-8-5-15(26)6-9-18)14-17(38-20)13-30-22(33)21-4-3-11-37-21/h5-10,12,17,21H,3-4,11,13-14H2,1-2H3,(H,30,33)(H,31,34). The van der Waals surface area contributed by atoms with Crippen LogP contribution in [0.15, 0.2) is 47.4 Å². The maximum atomic E-state index is 13.6. The van der Waals surface area contributed by atoms with Crippen molar-refractivity contribution < 1.29 is 49.8 Å². The Balaban J connectivity index is 1.60. The normalized spacial score (nSPS) is 19.4. The van der Waals surface area contributed by atoms with Gasteiger partial charge in [-0.1, -0.05) is 0 Å². The third-order valence-electron chi connectivity index (χ3n) is 6.30. The molecule has 2 amide bonds. The summed E-state index contributed by atoms with van der Waals surface area (Å²) < 4.78 is 96.7. The molecule has 1 saturated heterocycles. The summed E-state index contributed by atoms with van der Waals surface area (Å²) in [6.07, 6.45) is -6.39. The van der Waals surface area contributed by atoms with Gasteiger partial charge >= 0.3 is 12.3 Å². The number of amides is 2. The van der Waals surface area contributed by atoms with Gasteiger partial charge in [0.1, 0.15) is 23.8 Å². The summed E-state index contributed by atoms with van der Waals surface area (Å²) in [5.41, 5.74) is -2.90. The average molecular weight is 590 g/mol. The summed E-state index contributed by atoms with van der Waals surface area (Å²) in [5, 5.41) is 4.85. The lowest BCUT2D eigenvalue weighted by atomic mass is 10.1. The summed E-state index contributed by atoms with van der Waals surface area (Å²) in [7, 11) is -4.32. The van der Waals surface area contributed by atoms with Crippen LogP contribution in [0.25, 0.3) is 0 Å². The maximum absolute atomic E-state index is 13.6. The highest BCUT2D eigenvalue weighted by molar-refractivity contribution is 7.92. The molecule has 2 aliphatic heterocycles. The first-order valence-electron chi connectivity index (χ1n) is 12.2. The van der Waals surface area contributed by atoms with Crippen molar-refractivity contribution in [2.75, 3.05) is 29.3 Å². The Morgan fingerprint density at radius 2 is 1.82 bits per heavy atom. The van der Waals surface area contributed by atoms with E-state index in [1.165, 1.54) is 18.2 Å². The van der Waals surface area contributed by atoms with Crippen LogP contribution in [0, 0.1) is 5.82 Å². The zero-order chi connectivity index (χ0) is 29.3. The predicted octanol–water partition coefficient (Wildman–Crippen LogP) is 3.97. The van der Waals surface area contributed by atoms with Crippen molar-refractivity contribution in [3.63, 3.8) is 0 Å². The second-order valence-electron chi connectivity index (χ2n) is 9.68. The number of carbonyl (C=O) groups is 2. The highest BCUT2D eigenvalue weighted by Crippen LogP contribution is 2.39. The zero-order valence-electron chi connectivity index (χ0n) is 21.5. The molecule has 15 heteroatoms. The molecule has 218 valence electrons. The molecule has 2 aromatic rings. The second kappa shape index (κ2) is 11.1. The number of carbonyl (C=O) groups excluding carboxylic acids is 2. The number of nitrogens with one attached hydrogen (secondary N) is 2. The fourth-order valence-electron chi connectivity index (χ4n) is 4.00. The van der Waals surface area contributed by atoms with Crippen LogP contribution in [0.4, 0.5) is 33.7 Å². The van der Waals surface area contributed by atoms with Crippen molar-refractivity contribution in [1.82, 2.24) is 5.32 Å². The number of alkyl halides is 3. The van der Waals surface area contributed by atoms with Crippen LogP contribution < -0.4 is 19.7 Å². The quantitative estimate of drug-likeness (QED) is 0.469. The first kappa shape index (κ1) is 29.4. The van der Waals surface area contributed by atoms with E-state index in [9.17, 15) is 35.6 Å². The molecule has 2 aromatic carbocycles. The minimum Gasteiger partial charge on any atom is -0.484 e. The van der Waals surface area contributed by atoms with Gasteiger partial charge in [0.15, 0.2) is 0 Å². The number of rotatable bonds is 7. The Labute approximate surface area is 227 Å². The Hall–Kier alpha value is -3.59. The second-order valence-corrected chi connectivity index (χ2v) is 11.5. The molecule has 4 rings (SSSR count). The summed E-state index contributed by atoms with van der Waals surface area (Å²) in [4.78, 5) is 24.4. The summed E-state index contributed by atoms with van der Waals surface area (Å²) in [5.74, 6) is -0.953. The van der Waals surface area contributed by atoms with Crippen molar-refractivity contribution in [3.05, 3.63) is 48.3 Å². The van der Waals surface area contributed by atoms with E-state index in [1.54, 1.807) is 0 Å². The van der Waals surface area contributed by atoms with Crippen molar-refractivity contribution in [2.24, 2.45) is 0 Å². The van der Waals surface area contributed by atoms with Crippen LogP contribution in [-0.2, 0) is 24.3 Å². The monoisotopic (exact) mass is 589 g/mol. The number of fused-ring (bicyclic) bond motifs is 1. The van der Waals surface area contributed by atoms with Crippen LogP contribution >= 0.6 is 0 Å². The zero-order valence-corrected chi connectivity index (χ0v) is 22.3. The Morgan fingerprint density at radius 1 is 1.12 bits per heavy atom. The van der Waals surface area contributed by atoms with Gasteiger partial charge in [-0.25, -0.2) is 17.6 Å². The summed E-state index contributed by atoms with van der Waals surface area (Å²) >= 11 is 0. The van der Waals surface area contributed by atoms with Gasteiger partial charge < -0.3 is 19.5 Å². The molecule has 0 saturated carbocycles. The fourth-order valence-corrected chi connectivity index (χ4v) is 5.50. The first-order valence-corrected chi connectivity index (χ1v) is 13.7. The average Bonchev–Trinajstić information content (AvgIpc) is 3.41. The Morgan fingerprint density at radius 3 is 2.45 bits per heavy atom. The lowest BCUT2D eigenvalue weighted by Gasteiger charge is -2.36. The van der Waals surface area contributed by atoms with Crippen LogP contribution in [0.1, 0.15) is 26.7 Å². The molecule has 0 bridgehead atoms. The maximum Gasteiger partial charge on any atom is 0.427 e. The number of hydrogen-bond acceptors (Lipinski definition) is 7. The van der Waals surface area contributed by atoms with Gasteiger partial charge in [0.05, 0.1) is 23.7 Å². The third kappa shape index (κ3) is 6.41. The molecular formula is C25H27F4N3O7S. The van der Waals surface area contributed by atoms with Crippen molar-refractivity contribution >= 4 is 33.4 Å². The van der Waals surface area contributed by atoms with Gasteiger partial charge in [-0.2, -0.15) is 13.2 Å². The fraction of sp³-hybridized carbons (Fsp3) is 0.440.